The van der Waals surface area contributed by atoms with Crippen molar-refractivity contribution in [2.75, 3.05) is 12.3 Å². The number of likely N-dealkylation sites (tertiary alicyclic amines) is 1. The summed E-state index contributed by atoms with van der Waals surface area (Å²) in [6.45, 7) is 7.87. The number of allylic oxidation sites excluding steroid dienone is 4. The smallest absolute Gasteiger partial charge is 0.323 e. The number of rotatable bonds is 5. The molecular formula is C21H24ClNO4S. The number of sulfone groups is 1. The average Bonchev–Trinajstić information content (AvgIpc) is 3.02. The van der Waals surface area contributed by atoms with Gasteiger partial charge in [0.05, 0.1) is 10.6 Å². The molecule has 2 aliphatic heterocycles. The van der Waals surface area contributed by atoms with Crippen LogP contribution in [0, 0.1) is 5.92 Å². The van der Waals surface area contributed by atoms with E-state index in [2.05, 4.69) is 6.58 Å². The Hall–Kier alpha value is -2.05. The zero-order valence-corrected chi connectivity index (χ0v) is 17.6. The standard InChI is InChI=1S/C21H24ClNO4S/c1-13(22)4-6-19-14(2)18(15(3)23(19)12-21(24)25)11-16-5-7-20-17(10-16)8-9-28(20,26)27/h4-7,10,15,18H,2,8-9,11-12H2,1,3H3,(H,24,25)/b13-4+,19-6+. The van der Waals surface area contributed by atoms with Crippen LogP contribution in [0.1, 0.15) is 25.0 Å². The van der Waals surface area contributed by atoms with Crippen molar-refractivity contribution in [1.29, 1.82) is 0 Å². The van der Waals surface area contributed by atoms with Crippen LogP contribution >= 0.6 is 11.6 Å². The highest BCUT2D eigenvalue weighted by Gasteiger charge is 2.38. The van der Waals surface area contributed by atoms with Gasteiger partial charge in [-0.3, -0.25) is 4.79 Å². The second kappa shape index (κ2) is 7.76. The highest BCUT2D eigenvalue weighted by atomic mass is 35.5. The number of aryl methyl sites for hydroxylation is 1. The van der Waals surface area contributed by atoms with Crippen LogP contribution in [0.5, 0.6) is 0 Å². The normalized spacial score (nSPS) is 25.4. The Labute approximate surface area is 170 Å². The molecule has 0 amide bonds. The molecule has 1 fully saturated rings. The number of halogens is 1. The van der Waals surface area contributed by atoms with Gasteiger partial charge in [0, 0.05) is 22.7 Å². The summed E-state index contributed by atoms with van der Waals surface area (Å²) >= 11 is 5.94. The Balaban J connectivity index is 1.90. The van der Waals surface area contributed by atoms with E-state index in [1.807, 2.05) is 30.0 Å². The Morgan fingerprint density at radius 2 is 2.14 bits per heavy atom. The predicted molar refractivity (Wildman–Crippen MR) is 110 cm³/mol. The predicted octanol–water partition coefficient (Wildman–Crippen LogP) is 3.55. The van der Waals surface area contributed by atoms with Crippen molar-refractivity contribution in [1.82, 2.24) is 4.90 Å². The molecule has 7 heteroatoms. The SMILES string of the molecule is C=C1/C(=C\C=C(/C)Cl)N(CC(=O)O)C(C)C1Cc1ccc2c(c1)CCS2(=O)=O. The number of nitrogens with zero attached hydrogens (tertiary/aromatic N) is 1. The summed E-state index contributed by atoms with van der Waals surface area (Å²) in [5, 5.41) is 9.91. The van der Waals surface area contributed by atoms with E-state index < -0.39 is 15.8 Å². The molecule has 2 aliphatic rings. The first kappa shape index (κ1) is 20.7. The lowest BCUT2D eigenvalue weighted by Crippen LogP contribution is -2.34. The molecule has 0 spiro atoms. The summed E-state index contributed by atoms with van der Waals surface area (Å²) in [4.78, 5) is 13.6. The number of carboxylic acids is 1. The Morgan fingerprint density at radius 3 is 2.79 bits per heavy atom. The molecule has 0 saturated carbocycles. The Bertz CT molecular complexity index is 990. The molecule has 1 N–H and O–H groups in total. The van der Waals surface area contributed by atoms with Gasteiger partial charge in [-0.2, -0.15) is 0 Å². The molecule has 0 bridgehead atoms. The summed E-state index contributed by atoms with van der Waals surface area (Å²) in [6.07, 6.45) is 4.78. The third-order valence-electron chi connectivity index (χ3n) is 5.49. The molecule has 0 radical (unpaired) electrons. The lowest BCUT2D eigenvalue weighted by atomic mass is 9.89. The maximum atomic E-state index is 12.0. The maximum absolute atomic E-state index is 12.0. The lowest BCUT2D eigenvalue weighted by molar-refractivity contribution is -0.138. The Morgan fingerprint density at radius 1 is 1.43 bits per heavy atom. The Kier molecular flexibility index (Phi) is 5.73. The molecule has 1 saturated heterocycles. The minimum Gasteiger partial charge on any atom is -0.480 e. The molecule has 150 valence electrons. The van der Waals surface area contributed by atoms with E-state index in [1.54, 1.807) is 19.1 Å². The number of carboxylic acid groups (broad SMARTS) is 1. The van der Waals surface area contributed by atoms with Crippen molar-refractivity contribution in [3.8, 4) is 0 Å². The number of hydrogen-bond donors (Lipinski definition) is 1. The highest BCUT2D eigenvalue weighted by Crippen LogP contribution is 2.39. The van der Waals surface area contributed by atoms with E-state index in [1.165, 1.54) is 0 Å². The molecular weight excluding hydrogens is 398 g/mol. The third-order valence-corrected chi connectivity index (χ3v) is 7.43. The van der Waals surface area contributed by atoms with Gasteiger partial charge in [0.2, 0.25) is 0 Å². The fourth-order valence-corrected chi connectivity index (χ4v) is 5.64. The minimum absolute atomic E-state index is 0.0330. The average molecular weight is 422 g/mol. The van der Waals surface area contributed by atoms with Crippen molar-refractivity contribution < 1.29 is 18.3 Å². The van der Waals surface area contributed by atoms with Gasteiger partial charge in [-0.15, -0.1) is 0 Å². The topological polar surface area (TPSA) is 74.7 Å². The van der Waals surface area contributed by atoms with Crippen molar-refractivity contribution in [3.63, 3.8) is 0 Å². The summed E-state index contributed by atoms with van der Waals surface area (Å²) in [5.74, 6) is -0.701. The van der Waals surface area contributed by atoms with E-state index in [-0.39, 0.29) is 24.3 Å². The van der Waals surface area contributed by atoms with Crippen LogP contribution in [0.3, 0.4) is 0 Å². The van der Waals surface area contributed by atoms with Crippen molar-refractivity contribution in [2.45, 2.75) is 37.6 Å². The van der Waals surface area contributed by atoms with Crippen molar-refractivity contribution in [3.05, 3.63) is 64.4 Å². The molecule has 2 unspecified atom stereocenters. The number of hydrogen-bond acceptors (Lipinski definition) is 4. The van der Waals surface area contributed by atoms with Crippen molar-refractivity contribution in [2.24, 2.45) is 5.92 Å². The van der Waals surface area contributed by atoms with Gasteiger partial charge in [-0.1, -0.05) is 30.3 Å². The van der Waals surface area contributed by atoms with Crippen LogP contribution < -0.4 is 0 Å². The molecule has 3 rings (SSSR count). The molecule has 2 atom stereocenters. The van der Waals surface area contributed by atoms with E-state index in [9.17, 15) is 18.3 Å². The molecule has 28 heavy (non-hydrogen) atoms. The van der Waals surface area contributed by atoms with Gasteiger partial charge in [-0.25, -0.2) is 8.42 Å². The van der Waals surface area contributed by atoms with Crippen molar-refractivity contribution >= 4 is 27.4 Å². The summed E-state index contributed by atoms with van der Waals surface area (Å²) < 4.78 is 24.1. The zero-order valence-electron chi connectivity index (χ0n) is 16.0. The first-order valence-electron chi connectivity index (χ1n) is 9.16. The van der Waals surface area contributed by atoms with Gasteiger partial charge in [0.25, 0.3) is 0 Å². The van der Waals surface area contributed by atoms with Crippen LogP contribution in [-0.4, -0.2) is 42.7 Å². The summed E-state index contributed by atoms with van der Waals surface area (Å²) in [5.41, 5.74) is 3.56. The lowest BCUT2D eigenvalue weighted by Gasteiger charge is -2.25. The quantitative estimate of drug-likeness (QED) is 0.786. The molecule has 2 heterocycles. The summed E-state index contributed by atoms with van der Waals surface area (Å²) in [6, 6.07) is 5.47. The summed E-state index contributed by atoms with van der Waals surface area (Å²) in [7, 11) is -3.14. The van der Waals surface area contributed by atoms with Gasteiger partial charge in [0.15, 0.2) is 9.84 Å². The van der Waals surface area contributed by atoms with Crippen LogP contribution in [0.25, 0.3) is 0 Å². The minimum atomic E-state index is -3.14. The van der Waals surface area contributed by atoms with Crippen LogP contribution in [0.2, 0.25) is 0 Å². The maximum Gasteiger partial charge on any atom is 0.323 e. The van der Waals surface area contributed by atoms with E-state index in [4.69, 9.17) is 11.6 Å². The number of carbonyl (C=O) groups is 1. The van der Waals surface area contributed by atoms with Crippen LogP contribution in [-0.2, 0) is 27.5 Å². The van der Waals surface area contributed by atoms with Gasteiger partial charge in [-0.05, 0) is 61.6 Å². The second-order valence-corrected chi connectivity index (χ2v) is 10.1. The number of benzene rings is 1. The van der Waals surface area contributed by atoms with E-state index >= 15 is 0 Å². The number of aliphatic carboxylic acids is 1. The van der Waals surface area contributed by atoms with E-state index in [0.717, 1.165) is 22.4 Å². The van der Waals surface area contributed by atoms with Crippen LogP contribution in [0.15, 0.2) is 58.1 Å². The monoisotopic (exact) mass is 421 g/mol. The van der Waals surface area contributed by atoms with E-state index in [0.29, 0.717) is 22.8 Å². The molecule has 1 aromatic rings. The number of fused-ring (bicyclic) bond motifs is 1. The molecule has 0 aliphatic carbocycles. The largest absolute Gasteiger partial charge is 0.480 e. The molecule has 0 aromatic heterocycles. The first-order valence-corrected chi connectivity index (χ1v) is 11.2. The zero-order chi connectivity index (χ0) is 20.6. The van der Waals surface area contributed by atoms with Gasteiger partial charge >= 0.3 is 5.97 Å². The fourth-order valence-electron chi connectivity index (χ4n) is 4.03. The highest BCUT2D eigenvalue weighted by molar-refractivity contribution is 7.91. The first-order chi connectivity index (χ1) is 13.1. The fraction of sp³-hybridized carbons (Fsp3) is 0.381. The molecule has 1 aromatic carbocycles. The molecule has 5 nitrogen and oxygen atoms in total. The third kappa shape index (κ3) is 4.03. The second-order valence-electron chi connectivity index (χ2n) is 7.41. The van der Waals surface area contributed by atoms with Gasteiger partial charge in [0.1, 0.15) is 6.54 Å². The van der Waals surface area contributed by atoms with Gasteiger partial charge < -0.3 is 10.0 Å². The van der Waals surface area contributed by atoms with Crippen LogP contribution in [0.4, 0.5) is 0 Å².